The van der Waals surface area contributed by atoms with Gasteiger partial charge in [0, 0.05) is 17.8 Å². The normalized spacial score (nSPS) is 18.1. The van der Waals surface area contributed by atoms with Gasteiger partial charge in [0.05, 0.1) is 11.7 Å². The van der Waals surface area contributed by atoms with Crippen molar-refractivity contribution in [1.29, 1.82) is 0 Å². The maximum absolute atomic E-state index is 6.19. The van der Waals surface area contributed by atoms with Gasteiger partial charge < -0.3 is 5.32 Å². The Morgan fingerprint density at radius 1 is 1.21 bits per heavy atom. The maximum atomic E-state index is 6.19. The first-order valence-electron chi connectivity index (χ1n) is 6.75. The summed E-state index contributed by atoms with van der Waals surface area (Å²) in [4.78, 5) is 4.54. The van der Waals surface area contributed by atoms with Gasteiger partial charge in [0.2, 0.25) is 0 Å². The van der Waals surface area contributed by atoms with Crippen molar-refractivity contribution in [3.63, 3.8) is 0 Å². The van der Waals surface area contributed by atoms with Gasteiger partial charge >= 0.3 is 0 Å². The molecule has 1 unspecified atom stereocenters. The third-order valence-electron chi connectivity index (χ3n) is 3.69. The minimum absolute atomic E-state index is 0.348. The molecule has 1 heterocycles. The number of hydrogen-bond donors (Lipinski definition) is 1. The second kappa shape index (κ2) is 5.72. The standard InChI is InChI=1S/C16H17ClN2/c17-14-8-2-1-5-13(14)11-19-15-9-3-6-12-7-4-10-18-16(12)15/h1-2,4-5,7-8,10,15,19H,3,6,9,11H2. The van der Waals surface area contributed by atoms with Crippen LogP contribution >= 0.6 is 11.6 Å². The molecule has 1 aliphatic rings. The Labute approximate surface area is 118 Å². The molecule has 0 aliphatic heterocycles. The summed E-state index contributed by atoms with van der Waals surface area (Å²) in [7, 11) is 0. The molecule has 1 aromatic heterocycles. The minimum Gasteiger partial charge on any atom is -0.304 e. The van der Waals surface area contributed by atoms with Crippen LogP contribution in [0, 0.1) is 0 Å². The number of pyridine rings is 1. The van der Waals surface area contributed by atoms with Crippen LogP contribution in [0.1, 0.15) is 35.7 Å². The first-order valence-corrected chi connectivity index (χ1v) is 7.13. The van der Waals surface area contributed by atoms with E-state index in [1.165, 1.54) is 17.7 Å². The molecule has 0 saturated heterocycles. The second-order valence-corrected chi connectivity index (χ2v) is 5.37. The average molecular weight is 273 g/mol. The Morgan fingerprint density at radius 3 is 3.00 bits per heavy atom. The van der Waals surface area contributed by atoms with Crippen molar-refractivity contribution in [1.82, 2.24) is 10.3 Å². The number of rotatable bonds is 3. The number of nitrogens with zero attached hydrogens (tertiary/aromatic N) is 1. The van der Waals surface area contributed by atoms with E-state index in [4.69, 9.17) is 11.6 Å². The molecule has 0 radical (unpaired) electrons. The highest BCUT2D eigenvalue weighted by molar-refractivity contribution is 6.31. The van der Waals surface area contributed by atoms with Gasteiger partial charge in [-0.25, -0.2) is 0 Å². The van der Waals surface area contributed by atoms with Gasteiger partial charge in [-0.3, -0.25) is 4.98 Å². The van der Waals surface area contributed by atoms with Crippen LogP contribution in [0.4, 0.5) is 0 Å². The van der Waals surface area contributed by atoms with Crippen LogP contribution in [-0.4, -0.2) is 4.98 Å². The summed E-state index contributed by atoms with van der Waals surface area (Å²) in [6, 6.07) is 12.5. The third kappa shape index (κ3) is 2.80. The number of aromatic nitrogens is 1. The molecule has 3 rings (SSSR count). The Balaban J connectivity index is 1.73. The van der Waals surface area contributed by atoms with Crippen LogP contribution in [0.3, 0.4) is 0 Å². The zero-order valence-electron chi connectivity index (χ0n) is 10.8. The number of benzene rings is 1. The highest BCUT2D eigenvalue weighted by atomic mass is 35.5. The molecular weight excluding hydrogens is 256 g/mol. The van der Waals surface area contributed by atoms with Crippen LogP contribution in [0.5, 0.6) is 0 Å². The molecular formula is C16H17ClN2. The fourth-order valence-electron chi connectivity index (χ4n) is 2.68. The zero-order chi connectivity index (χ0) is 13.1. The lowest BCUT2D eigenvalue weighted by atomic mass is 9.92. The van der Waals surface area contributed by atoms with E-state index in [1.54, 1.807) is 0 Å². The summed E-state index contributed by atoms with van der Waals surface area (Å²) in [6.45, 7) is 0.792. The molecule has 0 amide bonds. The molecule has 0 spiro atoms. The summed E-state index contributed by atoms with van der Waals surface area (Å²) in [5.74, 6) is 0. The predicted molar refractivity (Wildman–Crippen MR) is 78.2 cm³/mol. The van der Waals surface area contributed by atoms with Gasteiger partial charge in [-0.15, -0.1) is 0 Å². The highest BCUT2D eigenvalue weighted by Crippen LogP contribution is 2.28. The molecule has 2 nitrogen and oxygen atoms in total. The first-order chi connectivity index (χ1) is 9.34. The molecule has 19 heavy (non-hydrogen) atoms. The summed E-state index contributed by atoms with van der Waals surface area (Å²) < 4.78 is 0. The van der Waals surface area contributed by atoms with E-state index in [0.717, 1.165) is 30.0 Å². The quantitative estimate of drug-likeness (QED) is 0.917. The topological polar surface area (TPSA) is 24.9 Å². The Hall–Kier alpha value is -1.38. The predicted octanol–water partition coefficient (Wildman–Crippen LogP) is 3.90. The molecule has 3 heteroatoms. The van der Waals surface area contributed by atoms with Crippen molar-refractivity contribution in [2.24, 2.45) is 0 Å². The summed E-state index contributed by atoms with van der Waals surface area (Å²) >= 11 is 6.19. The molecule has 2 aromatic rings. The number of nitrogens with one attached hydrogen (secondary N) is 1. The summed E-state index contributed by atoms with van der Waals surface area (Å²) in [5.41, 5.74) is 3.73. The van der Waals surface area contributed by atoms with E-state index in [9.17, 15) is 0 Å². The van der Waals surface area contributed by atoms with Crippen LogP contribution in [-0.2, 0) is 13.0 Å². The lowest BCUT2D eigenvalue weighted by molar-refractivity contribution is 0.448. The van der Waals surface area contributed by atoms with Gasteiger partial charge in [-0.1, -0.05) is 35.9 Å². The smallest absolute Gasteiger partial charge is 0.0605 e. The van der Waals surface area contributed by atoms with Crippen molar-refractivity contribution in [3.05, 3.63) is 64.4 Å². The number of fused-ring (bicyclic) bond motifs is 1. The number of halogens is 1. The fourth-order valence-corrected chi connectivity index (χ4v) is 2.89. The second-order valence-electron chi connectivity index (χ2n) is 4.96. The van der Waals surface area contributed by atoms with E-state index in [0.29, 0.717) is 6.04 Å². The molecule has 1 aliphatic carbocycles. The van der Waals surface area contributed by atoms with Gasteiger partial charge in [-0.05, 0) is 42.5 Å². The summed E-state index contributed by atoms with van der Waals surface area (Å²) in [6.07, 6.45) is 5.40. The lowest BCUT2D eigenvalue weighted by Gasteiger charge is -2.25. The van der Waals surface area contributed by atoms with E-state index in [-0.39, 0.29) is 0 Å². The molecule has 1 N–H and O–H groups in total. The Kier molecular flexibility index (Phi) is 3.81. The monoisotopic (exact) mass is 272 g/mol. The van der Waals surface area contributed by atoms with Crippen molar-refractivity contribution < 1.29 is 0 Å². The Bertz CT molecular complexity index is 568. The van der Waals surface area contributed by atoms with Gasteiger partial charge in [0.25, 0.3) is 0 Å². The fraction of sp³-hybridized carbons (Fsp3) is 0.312. The highest BCUT2D eigenvalue weighted by Gasteiger charge is 2.20. The van der Waals surface area contributed by atoms with Crippen LogP contribution < -0.4 is 5.32 Å². The molecule has 0 fully saturated rings. The van der Waals surface area contributed by atoms with E-state index >= 15 is 0 Å². The number of aryl methyl sites for hydroxylation is 1. The van der Waals surface area contributed by atoms with Crippen molar-refractivity contribution >= 4 is 11.6 Å². The number of hydrogen-bond acceptors (Lipinski definition) is 2. The molecule has 98 valence electrons. The molecule has 1 aromatic carbocycles. The van der Waals surface area contributed by atoms with Crippen LogP contribution in [0.15, 0.2) is 42.6 Å². The molecule has 0 bridgehead atoms. The lowest BCUT2D eigenvalue weighted by Crippen LogP contribution is -2.26. The zero-order valence-corrected chi connectivity index (χ0v) is 11.5. The Morgan fingerprint density at radius 2 is 2.11 bits per heavy atom. The molecule has 0 saturated carbocycles. The average Bonchev–Trinajstić information content (AvgIpc) is 2.46. The van der Waals surface area contributed by atoms with E-state index in [1.807, 2.05) is 30.5 Å². The van der Waals surface area contributed by atoms with Crippen LogP contribution in [0.2, 0.25) is 5.02 Å². The first kappa shape index (κ1) is 12.6. The SMILES string of the molecule is Clc1ccccc1CNC1CCCc2cccnc21. The minimum atomic E-state index is 0.348. The largest absolute Gasteiger partial charge is 0.304 e. The van der Waals surface area contributed by atoms with Crippen molar-refractivity contribution in [2.45, 2.75) is 31.8 Å². The summed E-state index contributed by atoms with van der Waals surface area (Å²) in [5, 5.41) is 4.41. The third-order valence-corrected chi connectivity index (χ3v) is 4.06. The van der Waals surface area contributed by atoms with Crippen molar-refractivity contribution in [2.75, 3.05) is 0 Å². The maximum Gasteiger partial charge on any atom is 0.0605 e. The van der Waals surface area contributed by atoms with Gasteiger partial charge in [0.15, 0.2) is 0 Å². The van der Waals surface area contributed by atoms with E-state index in [2.05, 4.69) is 22.4 Å². The van der Waals surface area contributed by atoms with Gasteiger partial charge in [-0.2, -0.15) is 0 Å². The molecule has 1 atom stereocenters. The van der Waals surface area contributed by atoms with Crippen LogP contribution in [0.25, 0.3) is 0 Å². The van der Waals surface area contributed by atoms with Crippen molar-refractivity contribution in [3.8, 4) is 0 Å². The van der Waals surface area contributed by atoms with E-state index < -0.39 is 0 Å². The van der Waals surface area contributed by atoms with Gasteiger partial charge in [0.1, 0.15) is 0 Å².